The molecule has 10 nitrogen and oxygen atoms in total. The number of hydrogen-bond acceptors (Lipinski definition) is 6. The molecule has 2 N–H and O–H groups in total. The topological polar surface area (TPSA) is 122 Å². The molecule has 0 unspecified atom stereocenters. The fourth-order valence-electron chi connectivity index (χ4n) is 4.46. The number of hydrogen-bond donors (Lipinski definition) is 1. The summed E-state index contributed by atoms with van der Waals surface area (Å²) in [7, 11) is -3.61. The van der Waals surface area contributed by atoms with Crippen molar-refractivity contribution in [1.29, 1.82) is 0 Å². The monoisotopic (exact) mass is 518 g/mol. The average molecular weight is 519 g/mol. The lowest BCUT2D eigenvalue weighted by atomic mass is 10.1. The number of amides is 3. The van der Waals surface area contributed by atoms with Gasteiger partial charge in [0.05, 0.1) is 5.25 Å². The third-order valence-corrected chi connectivity index (χ3v) is 7.68. The number of alkyl halides is 3. The highest BCUT2D eigenvalue weighted by molar-refractivity contribution is 7.89. The molecule has 35 heavy (non-hydrogen) atoms. The van der Waals surface area contributed by atoms with E-state index in [1.807, 2.05) is 0 Å². The van der Waals surface area contributed by atoms with Crippen molar-refractivity contribution < 1.29 is 40.7 Å². The highest BCUT2D eigenvalue weighted by atomic mass is 32.2. The van der Waals surface area contributed by atoms with Crippen molar-refractivity contribution in [2.75, 3.05) is 32.7 Å². The van der Waals surface area contributed by atoms with E-state index in [4.69, 9.17) is 9.88 Å². The van der Waals surface area contributed by atoms with Crippen LogP contribution < -0.4 is 9.88 Å². The molecule has 1 atom stereocenters. The van der Waals surface area contributed by atoms with Gasteiger partial charge in [-0.15, -0.1) is 13.2 Å². The Hall–Kier alpha value is -3.00. The molecule has 192 valence electrons. The number of primary sulfonamides is 1. The van der Waals surface area contributed by atoms with Gasteiger partial charge in [-0.2, -0.15) is 0 Å². The van der Waals surface area contributed by atoms with Crippen LogP contribution in [0.3, 0.4) is 0 Å². The zero-order valence-electron chi connectivity index (χ0n) is 18.6. The molecule has 14 heteroatoms. The molecule has 0 radical (unpaired) electrons. The van der Waals surface area contributed by atoms with Crippen LogP contribution in [0.2, 0.25) is 0 Å². The predicted octanol–water partition coefficient (Wildman–Crippen LogP) is 2.23. The van der Waals surface area contributed by atoms with E-state index in [2.05, 4.69) is 4.74 Å². The third kappa shape index (κ3) is 6.17. The van der Waals surface area contributed by atoms with Crippen LogP contribution in [0.5, 0.6) is 5.75 Å². The first-order chi connectivity index (χ1) is 16.4. The number of halogens is 3. The van der Waals surface area contributed by atoms with E-state index >= 15 is 0 Å². The number of nitrogens with two attached hydrogens (primary N) is 1. The van der Waals surface area contributed by atoms with Crippen LogP contribution in [-0.2, 0) is 21.4 Å². The molecule has 0 aliphatic carbocycles. The molecule has 0 aromatic heterocycles. The Bertz CT molecular complexity index is 1100. The summed E-state index contributed by atoms with van der Waals surface area (Å²) in [6.45, 7) is 1.61. The average Bonchev–Trinajstić information content (AvgIpc) is 3.36. The lowest BCUT2D eigenvalue weighted by Gasteiger charge is -2.33. The van der Waals surface area contributed by atoms with Crippen molar-refractivity contribution in [3.63, 3.8) is 0 Å². The number of rotatable bonds is 4. The second-order valence-corrected chi connectivity index (χ2v) is 10.6. The second-order valence-electron chi connectivity index (χ2n) is 8.74. The summed E-state index contributed by atoms with van der Waals surface area (Å²) < 4.78 is 68.8. The second kappa shape index (κ2) is 9.57. The molecule has 4 rings (SSSR count). The minimum Gasteiger partial charge on any atom is -0.445 e. The number of carbonyl (C=O) groups excluding carboxylic acids is 2. The Morgan fingerprint density at radius 1 is 1.06 bits per heavy atom. The Kier molecular flexibility index (Phi) is 6.86. The highest BCUT2D eigenvalue weighted by Gasteiger charge is 2.39. The minimum atomic E-state index is -4.78. The van der Waals surface area contributed by atoms with Crippen LogP contribution in [0, 0.1) is 5.92 Å². The summed E-state index contributed by atoms with van der Waals surface area (Å²) in [5, 5.41) is 4.57. The van der Waals surface area contributed by atoms with Crippen LogP contribution in [-0.4, -0.2) is 79.6 Å². The zero-order valence-corrected chi connectivity index (χ0v) is 19.4. The third-order valence-electron chi connectivity index (χ3n) is 6.28. The summed E-state index contributed by atoms with van der Waals surface area (Å²) in [6.07, 6.45) is -3.00. The van der Waals surface area contributed by atoms with Gasteiger partial charge < -0.3 is 24.2 Å². The smallest absolute Gasteiger partial charge is 0.445 e. The maximum atomic E-state index is 12.8. The van der Waals surface area contributed by atoms with Crippen LogP contribution in [0.25, 0.3) is 0 Å². The molecular weight excluding hydrogens is 493 g/mol. The summed E-state index contributed by atoms with van der Waals surface area (Å²) in [5.74, 6) is -0.382. The minimum absolute atomic E-state index is 0.0211. The summed E-state index contributed by atoms with van der Waals surface area (Å²) in [4.78, 5) is 30.0. The van der Waals surface area contributed by atoms with Gasteiger partial charge in [-0.3, -0.25) is 0 Å². The summed E-state index contributed by atoms with van der Waals surface area (Å²) in [6, 6.07) is 4.84. The van der Waals surface area contributed by atoms with E-state index in [0.29, 0.717) is 51.1 Å². The van der Waals surface area contributed by atoms with Gasteiger partial charge in [0.15, 0.2) is 0 Å². The SMILES string of the molecule is NS(=O)(=O)C1CCN(C(=O)N2C=C3CN(C(=O)OCc4ccc(OC(F)(F)F)cc4)C[C@@H]3C2)CC1. The fourth-order valence-corrected chi connectivity index (χ4v) is 5.33. The first-order valence-electron chi connectivity index (χ1n) is 10.9. The first kappa shape index (κ1) is 25.1. The van der Waals surface area contributed by atoms with Gasteiger partial charge in [-0.1, -0.05) is 12.1 Å². The summed E-state index contributed by atoms with van der Waals surface area (Å²) in [5.41, 5.74) is 1.43. The Morgan fingerprint density at radius 3 is 2.29 bits per heavy atom. The maximum absolute atomic E-state index is 12.8. The van der Waals surface area contributed by atoms with Crippen LogP contribution in [0.4, 0.5) is 22.8 Å². The number of ether oxygens (including phenoxy) is 2. The Morgan fingerprint density at radius 2 is 1.71 bits per heavy atom. The van der Waals surface area contributed by atoms with Crippen LogP contribution in [0.15, 0.2) is 36.0 Å². The van der Waals surface area contributed by atoms with Crippen molar-refractivity contribution in [3.8, 4) is 5.75 Å². The number of sulfonamides is 1. The van der Waals surface area contributed by atoms with Crippen molar-refractivity contribution in [2.45, 2.75) is 31.1 Å². The van der Waals surface area contributed by atoms with Gasteiger partial charge in [-0.05, 0) is 36.1 Å². The van der Waals surface area contributed by atoms with Gasteiger partial charge in [-0.25, -0.2) is 23.1 Å². The Labute approximate surface area is 200 Å². The maximum Gasteiger partial charge on any atom is 0.573 e. The predicted molar refractivity (Wildman–Crippen MR) is 116 cm³/mol. The van der Waals surface area contributed by atoms with E-state index in [1.165, 1.54) is 17.0 Å². The number of nitrogens with zero attached hydrogens (tertiary/aromatic N) is 3. The number of piperidine rings is 1. The summed E-state index contributed by atoms with van der Waals surface area (Å²) >= 11 is 0. The van der Waals surface area contributed by atoms with Crippen molar-refractivity contribution in [3.05, 3.63) is 41.6 Å². The van der Waals surface area contributed by atoms with Gasteiger partial charge >= 0.3 is 18.5 Å². The molecule has 1 aromatic carbocycles. The zero-order chi connectivity index (χ0) is 25.4. The van der Waals surface area contributed by atoms with E-state index in [0.717, 1.165) is 17.7 Å². The van der Waals surface area contributed by atoms with Gasteiger partial charge in [0.1, 0.15) is 12.4 Å². The first-order valence-corrected chi connectivity index (χ1v) is 12.5. The van der Waals surface area contributed by atoms with Gasteiger partial charge in [0, 0.05) is 44.8 Å². The number of carbonyl (C=O) groups is 2. The van der Waals surface area contributed by atoms with Crippen molar-refractivity contribution in [2.24, 2.45) is 11.1 Å². The molecule has 3 aliphatic heterocycles. The molecule has 3 amide bonds. The lowest BCUT2D eigenvalue weighted by molar-refractivity contribution is -0.274. The molecule has 2 fully saturated rings. The largest absolute Gasteiger partial charge is 0.573 e. The van der Waals surface area contributed by atoms with Crippen LogP contribution >= 0.6 is 0 Å². The van der Waals surface area contributed by atoms with E-state index in [9.17, 15) is 31.2 Å². The normalized spacial score (nSPS) is 21.1. The van der Waals surface area contributed by atoms with Gasteiger partial charge in [0.25, 0.3) is 0 Å². The molecule has 2 saturated heterocycles. The molecule has 3 heterocycles. The molecular formula is C21H25F3N4O6S. The number of urea groups is 1. The number of benzene rings is 1. The Balaban J connectivity index is 1.24. The quantitative estimate of drug-likeness (QED) is 0.652. The van der Waals surface area contributed by atoms with E-state index in [-0.39, 0.29) is 24.3 Å². The van der Waals surface area contributed by atoms with E-state index < -0.39 is 27.7 Å². The molecule has 0 saturated carbocycles. The van der Waals surface area contributed by atoms with Crippen molar-refractivity contribution >= 4 is 22.1 Å². The molecule has 0 bridgehead atoms. The van der Waals surface area contributed by atoms with Crippen LogP contribution in [0.1, 0.15) is 18.4 Å². The molecule has 0 spiro atoms. The number of likely N-dealkylation sites (tertiary alicyclic amines) is 2. The molecule has 1 aromatic rings. The lowest BCUT2D eigenvalue weighted by Crippen LogP contribution is -2.48. The van der Waals surface area contributed by atoms with Gasteiger partial charge in [0.2, 0.25) is 10.0 Å². The fraction of sp³-hybridized carbons (Fsp3) is 0.524. The standard InChI is InChI=1S/C21H25F3N4O6S/c22-21(23,24)34-17-3-1-14(2-4-17)13-33-20(30)28-11-15-9-27(10-16(15)12-28)19(29)26-7-5-18(6-8-26)35(25,31)32/h1-4,9,16,18H,5-8,10-13H2,(H2,25,31,32)/t16-/m0/s1. The highest BCUT2D eigenvalue weighted by Crippen LogP contribution is 2.31. The number of fused-ring (bicyclic) bond motifs is 1. The molecule has 3 aliphatic rings. The van der Waals surface area contributed by atoms with Crippen molar-refractivity contribution in [1.82, 2.24) is 14.7 Å². The van der Waals surface area contributed by atoms with E-state index in [1.54, 1.807) is 16.0 Å².